The molecule has 0 fully saturated rings. The topological polar surface area (TPSA) is 86.8 Å². The van der Waals surface area contributed by atoms with Crippen molar-refractivity contribution >= 4 is 62.3 Å². The summed E-state index contributed by atoms with van der Waals surface area (Å²) in [5.74, 6) is -0.982. The van der Waals surface area contributed by atoms with Crippen LogP contribution in [-0.2, 0) is 32.6 Å². The summed E-state index contributed by atoms with van der Waals surface area (Å²) in [6.45, 7) is 5.00. The molecule has 0 bridgehead atoms. The molecule has 0 radical (unpaired) electrons. The molecule has 0 saturated heterocycles. The first-order chi connectivity index (χ1) is 21.9. The predicted molar refractivity (Wildman–Crippen MR) is 186 cm³/mol. The fourth-order valence-electron chi connectivity index (χ4n) is 4.85. The summed E-state index contributed by atoms with van der Waals surface area (Å²) in [7, 11) is -4.30. The summed E-state index contributed by atoms with van der Waals surface area (Å²) in [4.78, 5) is 29.9. The molecular weight excluding hydrogens is 665 g/mol. The van der Waals surface area contributed by atoms with Gasteiger partial charge in [0.15, 0.2) is 0 Å². The second-order valence-corrected chi connectivity index (χ2v) is 14.2. The molecule has 2 atom stereocenters. The number of benzene rings is 4. The molecule has 11 heteroatoms. The number of carbonyl (C=O) groups is 2. The number of carbonyl (C=O) groups excluding carboxylic acids is 2. The van der Waals surface area contributed by atoms with Crippen LogP contribution in [0.25, 0.3) is 0 Å². The van der Waals surface area contributed by atoms with Gasteiger partial charge >= 0.3 is 0 Å². The highest BCUT2D eigenvalue weighted by Gasteiger charge is 2.35. The van der Waals surface area contributed by atoms with Gasteiger partial charge in [-0.05, 0) is 67.8 Å². The highest BCUT2D eigenvalue weighted by molar-refractivity contribution is 7.92. The second kappa shape index (κ2) is 15.8. The van der Waals surface area contributed by atoms with Crippen LogP contribution in [0.1, 0.15) is 37.0 Å². The van der Waals surface area contributed by atoms with Crippen LogP contribution in [0.5, 0.6) is 0 Å². The van der Waals surface area contributed by atoms with E-state index < -0.39 is 28.5 Å². The van der Waals surface area contributed by atoms with Crippen LogP contribution in [0.3, 0.4) is 0 Å². The third-order valence-corrected chi connectivity index (χ3v) is 10.2. The molecule has 0 aromatic heterocycles. The predicted octanol–water partition coefficient (Wildman–Crippen LogP) is 7.71. The zero-order valence-electron chi connectivity index (χ0n) is 25.8. The first kappa shape index (κ1) is 35.3. The number of anilines is 1. The maximum Gasteiger partial charge on any atom is 0.264 e. The average Bonchev–Trinajstić information content (AvgIpc) is 3.02. The van der Waals surface area contributed by atoms with Crippen molar-refractivity contribution < 1.29 is 18.0 Å². The number of aryl methyl sites for hydroxylation is 1. The van der Waals surface area contributed by atoms with E-state index in [4.69, 9.17) is 34.8 Å². The molecule has 7 nitrogen and oxygen atoms in total. The van der Waals surface area contributed by atoms with E-state index in [2.05, 4.69) is 5.32 Å². The van der Waals surface area contributed by atoms with Gasteiger partial charge in [-0.3, -0.25) is 13.9 Å². The number of nitrogens with zero attached hydrogens (tertiary/aromatic N) is 2. The van der Waals surface area contributed by atoms with E-state index in [1.165, 1.54) is 35.2 Å². The van der Waals surface area contributed by atoms with Gasteiger partial charge in [-0.25, -0.2) is 8.42 Å². The van der Waals surface area contributed by atoms with Gasteiger partial charge in [-0.2, -0.15) is 0 Å². The van der Waals surface area contributed by atoms with E-state index in [0.29, 0.717) is 17.0 Å². The zero-order chi connectivity index (χ0) is 33.4. The third-order valence-electron chi connectivity index (χ3n) is 7.59. The standard InChI is InChI=1S/C35H36Cl3N3O4S/c1-4-25(3)39-35(43)33(18-26-10-6-5-7-11-26)40(22-27-12-8-9-13-32(27)38)34(42)23-41(30-20-28(36)19-29(37)21-30)46(44,45)31-16-14-24(2)15-17-31/h5-17,19-21,25,33H,4,18,22-23H2,1-3H3,(H,39,43). The largest absolute Gasteiger partial charge is 0.352 e. The maximum absolute atomic E-state index is 14.6. The first-order valence-electron chi connectivity index (χ1n) is 14.8. The van der Waals surface area contributed by atoms with Crippen LogP contribution >= 0.6 is 34.8 Å². The lowest BCUT2D eigenvalue weighted by atomic mass is 10.0. The number of halogens is 3. The molecule has 242 valence electrons. The van der Waals surface area contributed by atoms with E-state index in [0.717, 1.165) is 15.4 Å². The van der Waals surface area contributed by atoms with Crippen molar-refractivity contribution in [2.75, 3.05) is 10.8 Å². The molecule has 2 amide bonds. The highest BCUT2D eigenvalue weighted by Crippen LogP contribution is 2.31. The summed E-state index contributed by atoms with van der Waals surface area (Å²) in [6, 6.07) is 25.9. The molecule has 0 aliphatic heterocycles. The average molecular weight is 701 g/mol. The van der Waals surface area contributed by atoms with Crippen LogP contribution < -0.4 is 9.62 Å². The Morgan fingerprint density at radius 3 is 2.07 bits per heavy atom. The van der Waals surface area contributed by atoms with Crippen molar-refractivity contribution in [3.8, 4) is 0 Å². The van der Waals surface area contributed by atoms with Gasteiger partial charge in [0, 0.05) is 34.1 Å². The second-order valence-electron chi connectivity index (χ2n) is 11.1. The number of rotatable bonds is 13. The van der Waals surface area contributed by atoms with Crippen LogP contribution in [0.4, 0.5) is 5.69 Å². The van der Waals surface area contributed by atoms with Gasteiger partial charge in [0.2, 0.25) is 11.8 Å². The number of hydrogen-bond donors (Lipinski definition) is 1. The number of sulfonamides is 1. The molecule has 46 heavy (non-hydrogen) atoms. The lowest BCUT2D eigenvalue weighted by Gasteiger charge is -2.34. The Bertz CT molecular complexity index is 1750. The zero-order valence-corrected chi connectivity index (χ0v) is 28.9. The van der Waals surface area contributed by atoms with E-state index in [9.17, 15) is 18.0 Å². The van der Waals surface area contributed by atoms with E-state index in [1.54, 1.807) is 36.4 Å². The van der Waals surface area contributed by atoms with Crippen molar-refractivity contribution in [3.05, 3.63) is 129 Å². The van der Waals surface area contributed by atoms with Gasteiger partial charge in [-0.1, -0.05) is 108 Å². The van der Waals surface area contributed by atoms with Crippen molar-refractivity contribution in [2.45, 2.75) is 57.1 Å². The minimum Gasteiger partial charge on any atom is -0.352 e. The number of nitrogens with one attached hydrogen (secondary N) is 1. The summed E-state index contributed by atoms with van der Waals surface area (Å²) in [5, 5.41) is 3.82. The highest BCUT2D eigenvalue weighted by atomic mass is 35.5. The lowest BCUT2D eigenvalue weighted by molar-refractivity contribution is -0.140. The third kappa shape index (κ3) is 9.04. The Balaban J connectivity index is 1.84. The number of hydrogen-bond acceptors (Lipinski definition) is 4. The summed E-state index contributed by atoms with van der Waals surface area (Å²) in [5.41, 5.74) is 2.40. The quantitative estimate of drug-likeness (QED) is 0.155. The summed E-state index contributed by atoms with van der Waals surface area (Å²) in [6.07, 6.45) is 0.868. The smallest absolute Gasteiger partial charge is 0.264 e. The van der Waals surface area contributed by atoms with Crippen LogP contribution in [-0.4, -0.2) is 43.8 Å². The van der Waals surface area contributed by atoms with Gasteiger partial charge in [0.25, 0.3) is 10.0 Å². The van der Waals surface area contributed by atoms with Gasteiger partial charge < -0.3 is 10.2 Å². The Kier molecular flexibility index (Phi) is 12.1. The van der Waals surface area contributed by atoms with E-state index in [1.807, 2.05) is 51.1 Å². The fourth-order valence-corrected chi connectivity index (χ4v) is 6.96. The minimum absolute atomic E-state index is 0.0185. The summed E-state index contributed by atoms with van der Waals surface area (Å²) >= 11 is 19.2. The SMILES string of the molecule is CCC(C)NC(=O)C(Cc1ccccc1)N(Cc1ccccc1Cl)C(=O)CN(c1cc(Cl)cc(Cl)c1)S(=O)(=O)c1ccc(C)cc1. The van der Waals surface area contributed by atoms with Crippen molar-refractivity contribution in [3.63, 3.8) is 0 Å². The molecule has 4 rings (SSSR count). The lowest BCUT2D eigenvalue weighted by Crippen LogP contribution is -2.54. The van der Waals surface area contributed by atoms with Crippen molar-refractivity contribution in [1.82, 2.24) is 10.2 Å². The molecule has 0 saturated carbocycles. The van der Waals surface area contributed by atoms with Crippen LogP contribution in [0.2, 0.25) is 15.1 Å². The maximum atomic E-state index is 14.6. The monoisotopic (exact) mass is 699 g/mol. The van der Waals surface area contributed by atoms with Crippen LogP contribution in [0, 0.1) is 6.92 Å². The van der Waals surface area contributed by atoms with E-state index in [-0.39, 0.29) is 45.5 Å². The van der Waals surface area contributed by atoms with E-state index >= 15 is 0 Å². The van der Waals surface area contributed by atoms with Gasteiger partial charge in [0.1, 0.15) is 12.6 Å². The molecular formula is C35H36Cl3N3O4S. The van der Waals surface area contributed by atoms with Crippen LogP contribution in [0.15, 0.2) is 102 Å². The Morgan fingerprint density at radius 2 is 1.46 bits per heavy atom. The molecule has 1 N–H and O–H groups in total. The van der Waals surface area contributed by atoms with Gasteiger partial charge in [0.05, 0.1) is 10.6 Å². The molecule has 4 aromatic carbocycles. The Hall–Kier alpha value is -3.56. The normalized spacial score (nSPS) is 12.7. The molecule has 4 aromatic rings. The molecule has 0 aliphatic rings. The minimum atomic E-state index is -4.30. The first-order valence-corrected chi connectivity index (χ1v) is 17.4. The molecule has 0 heterocycles. The fraction of sp³-hybridized carbons (Fsp3) is 0.257. The number of amides is 2. The molecule has 2 unspecified atom stereocenters. The molecule has 0 aliphatic carbocycles. The van der Waals surface area contributed by atoms with Crippen molar-refractivity contribution in [1.29, 1.82) is 0 Å². The van der Waals surface area contributed by atoms with Crippen molar-refractivity contribution in [2.24, 2.45) is 0 Å². The Labute approximate surface area is 286 Å². The molecule has 0 spiro atoms. The summed E-state index contributed by atoms with van der Waals surface area (Å²) < 4.78 is 29.3. The van der Waals surface area contributed by atoms with Gasteiger partial charge in [-0.15, -0.1) is 0 Å². The Morgan fingerprint density at radius 1 is 0.848 bits per heavy atom.